The van der Waals surface area contributed by atoms with Crippen molar-refractivity contribution in [3.8, 4) is 0 Å². The fraction of sp³-hybridized carbons (Fsp3) is 0.550. The molecular formula is C20H25N3O4. The Labute approximate surface area is 157 Å². The molecule has 1 unspecified atom stereocenters. The van der Waals surface area contributed by atoms with Crippen molar-refractivity contribution in [1.82, 2.24) is 15.0 Å². The molecule has 7 nitrogen and oxygen atoms in total. The van der Waals surface area contributed by atoms with Gasteiger partial charge in [0.1, 0.15) is 5.82 Å². The topological polar surface area (TPSA) is 82.5 Å². The van der Waals surface area contributed by atoms with Gasteiger partial charge in [0.05, 0.1) is 10.9 Å². The van der Waals surface area contributed by atoms with Gasteiger partial charge in [0, 0.05) is 31.6 Å². The molecule has 0 saturated carbocycles. The van der Waals surface area contributed by atoms with Gasteiger partial charge in [0.25, 0.3) is 11.5 Å². The van der Waals surface area contributed by atoms with Gasteiger partial charge in [-0.1, -0.05) is 12.8 Å². The molecule has 1 aromatic carbocycles. The van der Waals surface area contributed by atoms with Crippen molar-refractivity contribution in [2.24, 2.45) is 0 Å². The van der Waals surface area contributed by atoms with Gasteiger partial charge in [-0.3, -0.25) is 14.2 Å². The number of amides is 1. The zero-order chi connectivity index (χ0) is 18.6. The Balaban J connectivity index is 1.56. The molecule has 0 spiro atoms. The first-order valence-electron chi connectivity index (χ1n) is 9.83. The van der Waals surface area contributed by atoms with Crippen molar-refractivity contribution in [1.29, 1.82) is 0 Å². The quantitative estimate of drug-likeness (QED) is 0.839. The van der Waals surface area contributed by atoms with Crippen LogP contribution < -0.4 is 11.0 Å². The van der Waals surface area contributed by atoms with Gasteiger partial charge >= 0.3 is 0 Å². The molecule has 1 amide bonds. The number of hydrogen-bond acceptors (Lipinski definition) is 5. The van der Waals surface area contributed by atoms with Crippen LogP contribution >= 0.6 is 0 Å². The number of benzene rings is 1. The monoisotopic (exact) mass is 371 g/mol. The number of aryl methyl sites for hydroxylation is 1. The number of aromatic nitrogens is 2. The Morgan fingerprint density at radius 3 is 2.93 bits per heavy atom. The van der Waals surface area contributed by atoms with Crippen LogP contribution in [0.3, 0.4) is 0 Å². The van der Waals surface area contributed by atoms with Gasteiger partial charge < -0.3 is 4.74 Å². The second-order valence-corrected chi connectivity index (χ2v) is 7.23. The van der Waals surface area contributed by atoms with E-state index in [0.717, 1.165) is 57.2 Å². The third-order valence-corrected chi connectivity index (χ3v) is 5.25. The average Bonchev–Trinajstić information content (AvgIpc) is 2.68. The van der Waals surface area contributed by atoms with Crippen LogP contribution in [0.1, 0.15) is 61.1 Å². The molecule has 2 aliphatic rings. The summed E-state index contributed by atoms with van der Waals surface area (Å²) in [7, 11) is 0. The van der Waals surface area contributed by atoms with Crippen molar-refractivity contribution >= 4 is 16.8 Å². The number of rotatable bonds is 3. The minimum Gasteiger partial charge on any atom is -0.350 e. The summed E-state index contributed by atoms with van der Waals surface area (Å²) in [4.78, 5) is 35.3. The maximum atomic E-state index is 12.8. The molecule has 144 valence electrons. The third-order valence-electron chi connectivity index (χ3n) is 5.25. The maximum absolute atomic E-state index is 12.8. The maximum Gasteiger partial charge on any atom is 0.275 e. The second-order valence-electron chi connectivity index (χ2n) is 7.23. The molecule has 1 fully saturated rings. The van der Waals surface area contributed by atoms with E-state index in [9.17, 15) is 9.59 Å². The summed E-state index contributed by atoms with van der Waals surface area (Å²) in [6.07, 6.45) is 7.55. The Hall–Kier alpha value is -2.25. The van der Waals surface area contributed by atoms with E-state index in [1.807, 2.05) is 0 Å². The van der Waals surface area contributed by atoms with E-state index in [1.165, 1.54) is 0 Å². The van der Waals surface area contributed by atoms with Crippen LogP contribution in [0.2, 0.25) is 0 Å². The summed E-state index contributed by atoms with van der Waals surface area (Å²) in [5.74, 6) is 0.455. The van der Waals surface area contributed by atoms with Gasteiger partial charge in [0.15, 0.2) is 6.29 Å². The smallest absolute Gasteiger partial charge is 0.275 e. The lowest BCUT2D eigenvalue weighted by Gasteiger charge is -2.22. The van der Waals surface area contributed by atoms with E-state index >= 15 is 0 Å². The number of hydroxylamine groups is 1. The number of ether oxygens (including phenoxy) is 1. The number of nitrogens with zero attached hydrogens (tertiary/aromatic N) is 2. The Morgan fingerprint density at radius 2 is 2.07 bits per heavy atom. The van der Waals surface area contributed by atoms with Crippen LogP contribution in [-0.4, -0.2) is 28.4 Å². The first-order chi connectivity index (χ1) is 13.2. The van der Waals surface area contributed by atoms with Crippen LogP contribution in [0, 0.1) is 0 Å². The van der Waals surface area contributed by atoms with Crippen LogP contribution in [0.5, 0.6) is 0 Å². The van der Waals surface area contributed by atoms with E-state index in [2.05, 4.69) is 10.5 Å². The summed E-state index contributed by atoms with van der Waals surface area (Å²) >= 11 is 0. The molecule has 27 heavy (non-hydrogen) atoms. The van der Waals surface area contributed by atoms with Gasteiger partial charge in [0.2, 0.25) is 0 Å². The van der Waals surface area contributed by atoms with Gasteiger partial charge in [-0.25, -0.2) is 15.3 Å². The third kappa shape index (κ3) is 4.04. The predicted molar refractivity (Wildman–Crippen MR) is 100 cm³/mol. The standard InChI is InChI=1S/C20H25N3O4/c24-19(22-27-18-8-4-6-12-26-18)14-9-10-15-16(13-14)21-17-7-3-1-2-5-11-23(17)20(15)25/h9-10,13,18H,1-8,11-12H2,(H,22,24). The number of carbonyl (C=O) groups excluding carboxylic acids is 1. The SMILES string of the molecule is O=C(NOC1CCCCO1)c1ccc2c(=O)n3c(nc2c1)CCCCCC3. The minimum atomic E-state index is -0.398. The first-order valence-corrected chi connectivity index (χ1v) is 9.83. The molecule has 1 saturated heterocycles. The molecule has 0 aliphatic carbocycles. The lowest BCUT2D eigenvalue weighted by Crippen LogP contribution is -2.33. The summed E-state index contributed by atoms with van der Waals surface area (Å²) < 4.78 is 7.24. The van der Waals surface area contributed by atoms with Crippen LogP contribution in [0.4, 0.5) is 0 Å². The molecule has 2 aromatic rings. The van der Waals surface area contributed by atoms with E-state index in [4.69, 9.17) is 9.57 Å². The highest BCUT2D eigenvalue weighted by Crippen LogP contribution is 2.17. The number of nitrogens with one attached hydrogen (secondary N) is 1. The van der Waals surface area contributed by atoms with E-state index in [1.54, 1.807) is 22.8 Å². The Bertz CT molecular complexity index is 887. The summed E-state index contributed by atoms with van der Waals surface area (Å²) in [6, 6.07) is 4.99. The number of fused-ring (bicyclic) bond motifs is 2. The minimum absolute atomic E-state index is 0.0179. The van der Waals surface area contributed by atoms with Crippen molar-refractivity contribution < 1.29 is 14.4 Å². The highest BCUT2D eigenvalue weighted by Gasteiger charge is 2.18. The Morgan fingerprint density at radius 1 is 1.19 bits per heavy atom. The normalized spacial score (nSPS) is 20.5. The number of hydrogen-bond donors (Lipinski definition) is 1. The molecule has 1 N–H and O–H groups in total. The molecule has 0 radical (unpaired) electrons. The lowest BCUT2D eigenvalue weighted by atomic mass is 10.1. The van der Waals surface area contributed by atoms with Crippen molar-refractivity contribution in [3.63, 3.8) is 0 Å². The molecule has 7 heteroatoms. The van der Waals surface area contributed by atoms with Gasteiger partial charge in [-0.05, 0) is 43.9 Å². The summed E-state index contributed by atoms with van der Waals surface area (Å²) in [6.45, 7) is 1.37. The van der Waals surface area contributed by atoms with Crippen molar-refractivity contribution in [2.75, 3.05) is 6.61 Å². The van der Waals surface area contributed by atoms with Crippen LogP contribution in [0.25, 0.3) is 10.9 Å². The average molecular weight is 371 g/mol. The molecule has 1 atom stereocenters. The highest BCUT2D eigenvalue weighted by atomic mass is 16.8. The van der Waals surface area contributed by atoms with Gasteiger partial charge in [-0.2, -0.15) is 0 Å². The fourth-order valence-electron chi connectivity index (χ4n) is 3.72. The van der Waals surface area contributed by atoms with Crippen LogP contribution in [0.15, 0.2) is 23.0 Å². The number of carbonyl (C=O) groups is 1. The summed E-state index contributed by atoms with van der Waals surface area (Å²) in [5.41, 5.74) is 3.42. The van der Waals surface area contributed by atoms with Gasteiger partial charge in [-0.15, -0.1) is 0 Å². The summed E-state index contributed by atoms with van der Waals surface area (Å²) in [5, 5.41) is 0.549. The zero-order valence-corrected chi connectivity index (χ0v) is 15.4. The predicted octanol–water partition coefficient (Wildman–Crippen LogP) is 2.70. The molecule has 3 heterocycles. The molecule has 4 rings (SSSR count). The first kappa shape index (κ1) is 18.1. The van der Waals surface area contributed by atoms with E-state index < -0.39 is 6.29 Å². The van der Waals surface area contributed by atoms with E-state index in [-0.39, 0.29) is 11.5 Å². The second kappa shape index (κ2) is 8.19. The lowest BCUT2D eigenvalue weighted by molar-refractivity contribution is -0.186. The Kier molecular flexibility index (Phi) is 5.50. The van der Waals surface area contributed by atoms with Crippen LogP contribution in [-0.2, 0) is 22.5 Å². The molecular weight excluding hydrogens is 346 g/mol. The largest absolute Gasteiger partial charge is 0.350 e. The van der Waals surface area contributed by atoms with Crippen molar-refractivity contribution in [2.45, 2.75) is 64.2 Å². The molecule has 0 bridgehead atoms. The fourth-order valence-corrected chi connectivity index (χ4v) is 3.72. The van der Waals surface area contributed by atoms with E-state index in [0.29, 0.717) is 29.6 Å². The van der Waals surface area contributed by atoms with Crippen molar-refractivity contribution in [3.05, 3.63) is 39.9 Å². The highest BCUT2D eigenvalue weighted by molar-refractivity contribution is 5.97. The molecule has 2 aliphatic heterocycles. The molecule has 1 aromatic heterocycles. The zero-order valence-electron chi connectivity index (χ0n) is 15.4.